The number of rotatable bonds is 6. The lowest BCUT2D eigenvalue weighted by molar-refractivity contribution is 0.669. The van der Waals surface area contributed by atoms with Crippen LogP contribution in [0, 0.1) is 0 Å². The fourth-order valence-electron chi connectivity index (χ4n) is 11.4. The van der Waals surface area contributed by atoms with Crippen molar-refractivity contribution in [2.75, 3.05) is 9.80 Å². The molecule has 0 N–H and O–H groups in total. The van der Waals surface area contributed by atoms with Gasteiger partial charge in [-0.2, -0.15) is 0 Å². The number of benzene rings is 12. The molecular weight excluding hydrogens is 885 g/mol. The summed E-state index contributed by atoms with van der Waals surface area (Å²) in [6, 6.07) is 81.2. The average Bonchev–Trinajstić information content (AvgIpc) is 4.19. The first kappa shape index (κ1) is 39.1. The van der Waals surface area contributed by atoms with Crippen LogP contribution in [0.5, 0.6) is 0 Å². The smallest absolute Gasteiger partial charge is 0.143 e. The van der Waals surface area contributed by atoms with Crippen LogP contribution in [0.4, 0.5) is 34.1 Å². The number of para-hydroxylation sites is 2. The molecule has 12 aromatic carbocycles. The van der Waals surface area contributed by atoms with Gasteiger partial charge in [-0.15, -0.1) is 0 Å². The number of hydrogen-bond donors (Lipinski definition) is 0. The van der Waals surface area contributed by atoms with Gasteiger partial charge in [-0.1, -0.05) is 84.9 Å². The van der Waals surface area contributed by atoms with Gasteiger partial charge in [0.15, 0.2) is 0 Å². The standard InChI is InChI=1S/C66H38N2O4/c1-3-15-43(16-4-1)67(45-21-25-51-57-31-39-11-7-9-13-41(39)33-59(57)69-61(51)35-45)47-19-23-49-53-27-29-56-55(65(53)71-63(49)37-47)30-28-54-50-24-20-48(38-64(50)72-66(54)56)68(44-17-5-2-6-18-44)46-22-26-52-58-32-40-12-8-10-14-42(40)34-60(58)70-62(52)36-46/h1-38H. The lowest BCUT2D eigenvalue weighted by atomic mass is 10.0. The molecule has 336 valence electrons. The largest absolute Gasteiger partial charge is 0.456 e. The van der Waals surface area contributed by atoms with Crippen LogP contribution in [-0.4, -0.2) is 0 Å². The van der Waals surface area contributed by atoms with Gasteiger partial charge in [-0.3, -0.25) is 0 Å². The minimum atomic E-state index is 0.803. The van der Waals surface area contributed by atoms with Gasteiger partial charge in [0, 0.05) is 112 Å². The molecule has 16 rings (SSSR count). The molecule has 0 fully saturated rings. The second kappa shape index (κ2) is 14.9. The Labute approximate surface area is 410 Å². The molecule has 0 aliphatic heterocycles. The normalized spacial score (nSPS) is 12.2. The maximum atomic E-state index is 6.92. The van der Waals surface area contributed by atoms with Gasteiger partial charge in [-0.25, -0.2) is 0 Å². The average molecular weight is 923 g/mol. The molecule has 4 heterocycles. The molecule has 6 nitrogen and oxygen atoms in total. The van der Waals surface area contributed by atoms with Crippen molar-refractivity contribution in [2.45, 2.75) is 0 Å². The molecule has 0 saturated heterocycles. The van der Waals surface area contributed by atoms with Crippen molar-refractivity contribution in [3.8, 4) is 0 Å². The van der Waals surface area contributed by atoms with Gasteiger partial charge in [0.05, 0.1) is 0 Å². The van der Waals surface area contributed by atoms with Crippen LogP contribution in [0.2, 0.25) is 0 Å². The predicted molar refractivity (Wildman–Crippen MR) is 297 cm³/mol. The van der Waals surface area contributed by atoms with E-state index in [4.69, 9.17) is 17.7 Å². The van der Waals surface area contributed by atoms with Crippen molar-refractivity contribution in [1.82, 2.24) is 0 Å². The minimum Gasteiger partial charge on any atom is -0.456 e. The molecule has 0 unspecified atom stereocenters. The third-order valence-electron chi connectivity index (χ3n) is 14.7. The SMILES string of the molecule is c1ccc(N(c2ccc3c(c2)oc2cc4ccccc4cc23)c2ccc3c(c2)oc2c3ccc3c2ccc2c4ccc(N(c5ccccc5)c5ccc6c(c5)oc5cc7ccccc7cc56)cc4oc23)cc1. The number of nitrogens with zero attached hydrogens (tertiary/aromatic N) is 2. The zero-order valence-electron chi connectivity index (χ0n) is 38.5. The summed E-state index contributed by atoms with van der Waals surface area (Å²) < 4.78 is 26.9. The van der Waals surface area contributed by atoms with Crippen LogP contribution < -0.4 is 9.80 Å². The highest BCUT2D eigenvalue weighted by atomic mass is 16.3. The van der Waals surface area contributed by atoms with E-state index in [1.165, 1.54) is 10.8 Å². The van der Waals surface area contributed by atoms with E-state index in [1.54, 1.807) is 0 Å². The maximum Gasteiger partial charge on any atom is 0.143 e. The fourth-order valence-corrected chi connectivity index (χ4v) is 11.4. The monoisotopic (exact) mass is 922 g/mol. The van der Waals surface area contributed by atoms with Gasteiger partial charge in [-0.05, 0) is 143 Å². The molecule has 6 heteroatoms. The highest BCUT2D eigenvalue weighted by Gasteiger charge is 2.22. The van der Waals surface area contributed by atoms with Crippen molar-refractivity contribution in [3.05, 3.63) is 231 Å². The highest BCUT2D eigenvalue weighted by molar-refractivity contribution is 6.23. The Morgan fingerprint density at radius 3 is 0.847 bits per heavy atom. The summed E-state index contributed by atoms with van der Waals surface area (Å²) in [6.07, 6.45) is 0. The molecule has 0 amide bonds. The van der Waals surface area contributed by atoms with Crippen molar-refractivity contribution in [1.29, 1.82) is 0 Å². The molecule has 0 spiro atoms. The number of anilines is 6. The van der Waals surface area contributed by atoms with Crippen LogP contribution in [0.25, 0.3) is 120 Å². The Hall–Kier alpha value is -9.78. The second-order valence-electron chi connectivity index (χ2n) is 18.8. The van der Waals surface area contributed by atoms with E-state index in [1.807, 2.05) is 12.1 Å². The third kappa shape index (κ3) is 5.84. The van der Waals surface area contributed by atoms with E-state index in [9.17, 15) is 0 Å². The first-order valence-corrected chi connectivity index (χ1v) is 24.3. The van der Waals surface area contributed by atoms with Crippen LogP contribution in [0.15, 0.2) is 248 Å². The van der Waals surface area contributed by atoms with Crippen LogP contribution in [0.3, 0.4) is 0 Å². The Morgan fingerprint density at radius 1 is 0.194 bits per heavy atom. The molecule has 0 bridgehead atoms. The Balaban J connectivity index is 0.797. The number of hydrogen-bond acceptors (Lipinski definition) is 6. The van der Waals surface area contributed by atoms with Gasteiger partial charge >= 0.3 is 0 Å². The van der Waals surface area contributed by atoms with E-state index in [0.29, 0.717) is 0 Å². The van der Waals surface area contributed by atoms with Crippen LogP contribution >= 0.6 is 0 Å². The molecule has 0 atom stereocenters. The lowest BCUT2D eigenvalue weighted by Crippen LogP contribution is -2.09. The number of furan rings is 4. The molecular formula is C66H38N2O4. The van der Waals surface area contributed by atoms with Gasteiger partial charge in [0.1, 0.15) is 44.7 Å². The van der Waals surface area contributed by atoms with E-state index in [0.717, 1.165) is 143 Å². The highest BCUT2D eigenvalue weighted by Crippen LogP contribution is 2.46. The Bertz CT molecular complexity index is 4580. The molecule has 0 aliphatic carbocycles. The summed E-state index contributed by atoms with van der Waals surface area (Å²) in [6.45, 7) is 0. The topological polar surface area (TPSA) is 59.0 Å². The van der Waals surface area contributed by atoms with E-state index in [-0.39, 0.29) is 0 Å². The Kier molecular flexibility index (Phi) is 8.07. The molecule has 72 heavy (non-hydrogen) atoms. The summed E-state index contributed by atoms with van der Waals surface area (Å²) >= 11 is 0. The minimum absolute atomic E-state index is 0.803. The summed E-state index contributed by atoms with van der Waals surface area (Å²) in [4.78, 5) is 4.52. The van der Waals surface area contributed by atoms with Gasteiger partial charge in [0.2, 0.25) is 0 Å². The quantitative estimate of drug-likeness (QED) is 0.166. The molecule has 4 aromatic heterocycles. The van der Waals surface area contributed by atoms with E-state index in [2.05, 4.69) is 228 Å². The molecule has 16 aromatic rings. The van der Waals surface area contributed by atoms with E-state index >= 15 is 0 Å². The fraction of sp³-hybridized carbons (Fsp3) is 0. The van der Waals surface area contributed by atoms with E-state index < -0.39 is 0 Å². The molecule has 0 aliphatic rings. The summed E-state index contributed by atoms with van der Waals surface area (Å²) in [5, 5.41) is 15.3. The van der Waals surface area contributed by atoms with Gasteiger partial charge in [0.25, 0.3) is 0 Å². The lowest BCUT2D eigenvalue weighted by Gasteiger charge is -2.25. The van der Waals surface area contributed by atoms with Gasteiger partial charge < -0.3 is 27.5 Å². The van der Waals surface area contributed by atoms with Crippen LogP contribution in [0.1, 0.15) is 0 Å². The summed E-state index contributed by atoms with van der Waals surface area (Å²) in [7, 11) is 0. The zero-order chi connectivity index (χ0) is 47.0. The first-order valence-electron chi connectivity index (χ1n) is 24.3. The summed E-state index contributed by atoms with van der Waals surface area (Å²) in [5.74, 6) is 0. The van der Waals surface area contributed by atoms with Crippen LogP contribution in [-0.2, 0) is 0 Å². The predicted octanol–water partition coefficient (Wildman–Crippen LogP) is 19.7. The third-order valence-corrected chi connectivity index (χ3v) is 14.7. The van der Waals surface area contributed by atoms with Crippen molar-refractivity contribution < 1.29 is 17.7 Å². The van der Waals surface area contributed by atoms with Crippen molar-refractivity contribution in [2.24, 2.45) is 0 Å². The number of fused-ring (bicyclic) bond motifs is 17. The summed E-state index contributed by atoms with van der Waals surface area (Å²) in [5.41, 5.74) is 12.7. The maximum absolute atomic E-state index is 6.92. The second-order valence-corrected chi connectivity index (χ2v) is 18.8. The zero-order valence-corrected chi connectivity index (χ0v) is 38.5. The molecule has 0 saturated carbocycles. The Morgan fingerprint density at radius 2 is 0.472 bits per heavy atom. The van der Waals surface area contributed by atoms with Crippen molar-refractivity contribution in [3.63, 3.8) is 0 Å². The van der Waals surface area contributed by atoms with Crippen molar-refractivity contribution >= 4 is 154 Å². The molecule has 0 radical (unpaired) electrons. The first-order chi connectivity index (χ1) is 35.6.